The Balaban J connectivity index is 3.93. The van der Waals surface area contributed by atoms with Crippen LogP contribution < -0.4 is 5.84 Å². The van der Waals surface area contributed by atoms with Gasteiger partial charge in [0.25, 0.3) is 0 Å². The fourth-order valence-corrected chi connectivity index (χ4v) is 1.10. The summed E-state index contributed by atoms with van der Waals surface area (Å²) in [4.78, 5) is 9.07. The first-order valence-electron chi connectivity index (χ1n) is 3.10. The van der Waals surface area contributed by atoms with Crippen molar-refractivity contribution in [1.29, 1.82) is 5.41 Å². The molecule has 0 heterocycles. The summed E-state index contributed by atoms with van der Waals surface area (Å²) < 4.78 is 5.99. The van der Waals surface area contributed by atoms with E-state index >= 15 is 0 Å². The molecular formula is C5H13N3O2P+. The Kier molecular flexibility index (Phi) is 4.94. The molecule has 0 saturated heterocycles. The van der Waals surface area contributed by atoms with Crippen LogP contribution in [0, 0.1) is 5.41 Å². The van der Waals surface area contributed by atoms with Crippen LogP contribution in [0.3, 0.4) is 0 Å². The SMILES string of the molecule is CCOP(O)C(=N)C=[N+](C)N. The zero-order chi connectivity index (χ0) is 8.85. The second kappa shape index (κ2) is 5.18. The predicted molar refractivity (Wildman–Crippen MR) is 44.9 cm³/mol. The van der Waals surface area contributed by atoms with E-state index in [-0.39, 0.29) is 5.45 Å². The Morgan fingerprint density at radius 2 is 2.45 bits per heavy atom. The molecule has 0 aliphatic heterocycles. The lowest BCUT2D eigenvalue weighted by Gasteiger charge is -2.04. The van der Waals surface area contributed by atoms with Crippen LogP contribution in [0.25, 0.3) is 0 Å². The van der Waals surface area contributed by atoms with Crippen molar-refractivity contribution in [2.75, 3.05) is 13.7 Å². The lowest BCUT2D eigenvalue weighted by molar-refractivity contribution is -0.502. The molecule has 0 spiro atoms. The van der Waals surface area contributed by atoms with E-state index in [0.29, 0.717) is 6.61 Å². The number of hydrogen-bond donors (Lipinski definition) is 3. The summed E-state index contributed by atoms with van der Waals surface area (Å²) in [5.74, 6) is 5.21. The molecule has 0 amide bonds. The summed E-state index contributed by atoms with van der Waals surface area (Å²) in [7, 11) is -0.195. The van der Waals surface area contributed by atoms with Crippen molar-refractivity contribution in [2.24, 2.45) is 5.84 Å². The van der Waals surface area contributed by atoms with Crippen LogP contribution in [0.1, 0.15) is 6.92 Å². The van der Waals surface area contributed by atoms with Crippen LogP contribution in [-0.4, -0.2) is 34.9 Å². The lowest BCUT2D eigenvalue weighted by atomic mass is 10.8. The van der Waals surface area contributed by atoms with Gasteiger partial charge in [0.1, 0.15) is 0 Å². The highest BCUT2D eigenvalue weighted by Gasteiger charge is 2.12. The van der Waals surface area contributed by atoms with Gasteiger partial charge in [-0.25, -0.2) is 5.84 Å². The van der Waals surface area contributed by atoms with Gasteiger partial charge < -0.3 is 9.42 Å². The molecule has 6 heteroatoms. The zero-order valence-electron chi connectivity index (χ0n) is 6.61. The van der Waals surface area contributed by atoms with Gasteiger partial charge in [0.2, 0.25) is 14.6 Å². The van der Waals surface area contributed by atoms with Crippen molar-refractivity contribution in [3.05, 3.63) is 0 Å². The van der Waals surface area contributed by atoms with E-state index in [4.69, 9.17) is 20.7 Å². The Morgan fingerprint density at radius 1 is 1.91 bits per heavy atom. The van der Waals surface area contributed by atoms with Gasteiger partial charge >= 0.3 is 0 Å². The molecule has 0 fully saturated rings. The quantitative estimate of drug-likeness (QED) is 0.185. The molecule has 0 saturated carbocycles. The summed E-state index contributed by atoms with van der Waals surface area (Å²) in [6, 6.07) is 0. The highest BCUT2D eigenvalue weighted by molar-refractivity contribution is 7.68. The standard InChI is InChI=1S/C5H13N3O2P/c1-3-10-11(9)5(6)4-8(2)7/h4,6,9H,3,7H2,1-2H3/q+1. The molecule has 0 bridgehead atoms. The minimum absolute atomic E-state index is 0.00634. The van der Waals surface area contributed by atoms with Crippen molar-refractivity contribution >= 4 is 20.0 Å². The minimum atomic E-state index is -1.77. The van der Waals surface area contributed by atoms with Gasteiger partial charge in [0.05, 0.1) is 6.61 Å². The molecule has 1 unspecified atom stereocenters. The Hall–Kier alpha value is -0.510. The summed E-state index contributed by atoms with van der Waals surface area (Å²) in [6.45, 7) is 2.15. The fraction of sp³-hybridized carbons (Fsp3) is 0.600. The molecule has 0 aromatic rings. The number of hydrogen-bond acceptors (Lipinski definition) is 4. The molecule has 0 radical (unpaired) electrons. The molecule has 64 valence electrons. The average Bonchev–Trinajstić information content (AvgIpc) is 1.86. The van der Waals surface area contributed by atoms with Gasteiger partial charge in [-0.2, -0.15) is 0 Å². The first-order chi connectivity index (χ1) is 5.07. The average molecular weight is 178 g/mol. The van der Waals surface area contributed by atoms with Crippen molar-refractivity contribution in [3.63, 3.8) is 0 Å². The third kappa shape index (κ3) is 4.84. The third-order valence-electron chi connectivity index (χ3n) is 0.783. The van der Waals surface area contributed by atoms with Gasteiger partial charge in [0, 0.05) is 0 Å². The Bertz CT molecular complexity index is 167. The van der Waals surface area contributed by atoms with Crippen LogP contribution in [0.4, 0.5) is 0 Å². The second-order valence-corrected chi connectivity index (χ2v) is 3.16. The van der Waals surface area contributed by atoms with Crippen molar-refractivity contribution in [3.8, 4) is 0 Å². The normalized spacial score (nSPS) is 14.6. The van der Waals surface area contributed by atoms with Crippen LogP contribution >= 0.6 is 8.38 Å². The van der Waals surface area contributed by atoms with Crippen LogP contribution in [0.15, 0.2) is 0 Å². The first kappa shape index (κ1) is 10.5. The van der Waals surface area contributed by atoms with Crippen molar-refractivity contribution in [2.45, 2.75) is 6.92 Å². The summed E-state index contributed by atoms with van der Waals surface area (Å²) in [5.41, 5.74) is 0.00634. The van der Waals surface area contributed by atoms with Crippen LogP contribution in [-0.2, 0) is 4.52 Å². The predicted octanol–water partition coefficient (Wildman–Crippen LogP) is -0.109. The zero-order valence-corrected chi connectivity index (χ0v) is 7.51. The second-order valence-electron chi connectivity index (χ2n) is 1.87. The topological polar surface area (TPSA) is 82.3 Å². The molecule has 11 heavy (non-hydrogen) atoms. The third-order valence-corrected chi connectivity index (χ3v) is 1.81. The number of rotatable bonds is 4. The van der Waals surface area contributed by atoms with Gasteiger partial charge in [-0.15, -0.1) is 4.68 Å². The van der Waals surface area contributed by atoms with E-state index in [0.717, 1.165) is 0 Å². The minimum Gasteiger partial charge on any atom is -0.345 e. The number of nitrogens with two attached hydrogens (primary N) is 1. The van der Waals surface area contributed by atoms with E-state index in [1.807, 2.05) is 0 Å². The molecule has 0 aliphatic carbocycles. The van der Waals surface area contributed by atoms with E-state index in [2.05, 4.69) is 0 Å². The van der Waals surface area contributed by atoms with Crippen molar-refractivity contribution < 1.29 is 14.1 Å². The Morgan fingerprint density at radius 3 is 2.82 bits per heavy atom. The van der Waals surface area contributed by atoms with E-state index in [1.54, 1.807) is 14.0 Å². The molecule has 4 N–H and O–H groups in total. The molecule has 0 aromatic heterocycles. The van der Waals surface area contributed by atoms with Crippen LogP contribution in [0.2, 0.25) is 0 Å². The summed E-state index contributed by atoms with van der Waals surface area (Å²) in [5, 5.41) is 7.20. The summed E-state index contributed by atoms with van der Waals surface area (Å²) in [6.07, 6.45) is 1.31. The molecule has 0 aromatic carbocycles. The van der Waals surface area contributed by atoms with Gasteiger partial charge in [-0.05, 0) is 6.92 Å². The monoisotopic (exact) mass is 178 g/mol. The molecule has 0 aliphatic rings. The maximum absolute atomic E-state index is 9.07. The van der Waals surface area contributed by atoms with Gasteiger partial charge in [-0.3, -0.25) is 5.41 Å². The maximum Gasteiger partial charge on any atom is 0.227 e. The van der Waals surface area contributed by atoms with E-state index < -0.39 is 8.38 Å². The highest BCUT2D eigenvalue weighted by atomic mass is 31.2. The first-order valence-corrected chi connectivity index (χ1v) is 4.32. The molecule has 0 rings (SSSR count). The number of hydrazine groups is 1. The largest absolute Gasteiger partial charge is 0.345 e. The van der Waals surface area contributed by atoms with E-state index in [1.165, 1.54) is 10.9 Å². The van der Waals surface area contributed by atoms with Crippen LogP contribution in [0.5, 0.6) is 0 Å². The Labute approximate surface area is 66.9 Å². The molecule has 5 nitrogen and oxygen atoms in total. The number of nitrogens with one attached hydrogen (secondary N) is 1. The van der Waals surface area contributed by atoms with Crippen molar-refractivity contribution in [1.82, 2.24) is 0 Å². The lowest BCUT2D eigenvalue weighted by Crippen LogP contribution is -2.18. The highest BCUT2D eigenvalue weighted by Crippen LogP contribution is 2.30. The molecular weight excluding hydrogens is 165 g/mol. The number of nitrogens with zero attached hydrogens (tertiary/aromatic N) is 1. The smallest absolute Gasteiger partial charge is 0.227 e. The number of hydrazone groups is 1. The van der Waals surface area contributed by atoms with E-state index in [9.17, 15) is 0 Å². The van der Waals surface area contributed by atoms with Gasteiger partial charge in [-0.1, -0.05) is 0 Å². The summed E-state index contributed by atoms with van der Waals surface area (Å²) >= 11 is 0. The molecule has 1 atom stereocenters. The van der Waals surface area contributed by atoms with Gasteiger partial charge in [0.15, 0.2) is 12.5 Å². The fourth-order valence-electron chi connectivity index (χ4n) is 0.434. The maximum atomic E-state index is 9.07.